The van der Waals surface area contributed by atoms with E-state index in [2.05, 4.69) is 50.1 Å². The van der Waals surface area contributed by atoms with Crippen molar-refractivity contribution in [2.45, 2.75) is 33.4 Å². The predicted octanol–water partition coefficient (Wildman–Crippen LogP) is 2.61. The van der Waals surface area contributed by atoms with Crippen LogP contribution in [0.3, 0.4) is 0 Å². The Hall–Kier alpha value is -2.50. The van der Waals surface area contributed by atoms with Gasteiger partial charge in [-0.15, -0.1) is 0 Å². The summed E-state index contributed by atoms with van der Waals surface area (Å²) in [6.07, 6.45) is 0.997. The molecule has 0 saturated heterocycles. The summed E-state index contributed by atoms with van der Waals surface area (Å²) in [5, 5.41) is 7.91. The summed E-state index contributed by atoms with van der Waals surface area (Å²) >= 11 is 0. The number of nitrogens with zero attached hydrogens (tertiary/aromatic N) is 4. The summed E-state index contributed by atoms with van der Waals surface area (Å²) in [6.45, 7) is 6.68. The van der Waals surface area contributed by atoms with E-state index in [0.29, 0.717) is 0 Å². The molecule has 0 amide bonds. The SMILES string of the molecule is CN=C(NCCCn1nc(C)cc1C)N(C)Cc1ccc(OC)cc1. The highest BCUT2D eigenvalue weighted by molar-refractivity contribution is 5.79. The molecule has 1 aromatic carbocycles. The standard InChI is InChI=1S/C19H29N5O/c1-15-13-16(2)24(22-15)12-6-11-21-19(20-3)23(4)14-17-7-9-18(25-5)10-8-17/h7-10,13H,6,11-12,14H2,1-5H3,(H,20,21). The molecule has 0 bridgehead atoms. The van der Waals surface area contributed by atoms with Gasteiger partial charge in [0.2, 0.25) is 0 Å². The van der Waals surface area contributed by atoms with Crippen LogP contribution in [-0.4, -0.2) is 48.4 Å². The molecule has 1 N–H and O–H groups in total. The number of methoxy groups -OCH3 is 1. The van der Waals surface area contributed by atoms with E-state index < -0.39 is 0 Å². The fourth-order valence-electron chi connectivity index (χ4n) is 2.79. The van der Waals surface area contributed by atoms with Crippen LogP contribution in [0.25, 0.3) is 0 Å². The van der Waals surface area contributed by atoms with Crippen molar-refractivity contribution in [2.24, 2.45) is 4.99 Å². The molecular weight excluding hydrogens is 314 g/mol. The van der Waals surface area contributed by atoms with Crippen molar-refractivity contribution in [2.75, 3.05) is 27.7 Å². The van der Waals surface area contributed by atoms with Crippen LogP contribution in [0.1, 0.15) is 23.4 Å². The maximum atomic E-state index is 5.20. The average molecular weight is 343 g/mol. The van der Waals surface area contributed by atoms with Crippen molar-refractivity contribution in [1.29, 1.82) is 0 Å². The molecular formula is C19H29N5O. The molecule has 2 rings (SSSR count). The van der Waals surface area contributed by atoms with Gasteiger partial charge in [0.25, 0.3) is 0 Å². The van der Waals surface area contributed by atoms with Gasteiger partial charge in [-0.1, -0.05) is 12.1 Å². The predicted molar refractivity (Wildman–Crippen MR) is 102 cm³/mol. The van der Waals surface area contributed by atoms with E-state index in [4.69, 9.17) is 4.74 Å². The van der Waals surface area contributed by atoms with E-state index in [-0.39, 0.29) is 0 Å². The third-order valence-electron chi connectivity index (χ3n) is 4.09. The van der Waals surface area contributed by atoms with E-state index in [0.717, 1.165) is 43.5 Å². The van der Waals surface area contributed by atoms with Gasteiger partial charge >= 0.3 is 0 Å². The van der Waals surface area contributed by atoms with Crippen molar-refractivity contribution in [1.82, 2.24) is 20.0 Å². The van der Waals surface area contributed by atoms with Crippen molar-refractivity contribution in [3.63, 3.8) is 0 Å². The Kier molecular flexibility index (Phi) is 6.86. The Morgan fingerprint density at radius 1 is 1.28 bits per heavy atom. The van der Waals surface area contributed by atoms with Gasteiger partial charge in [0.15, 0.2) is 5.96 Å². The topological polar surface area (TPSA) is 54.7 Å². The quantitative estimate of drug-likeness (QED) is 0.477. The van der Waals surface area contributed by atoms with Crippen LogP contribution < -0.4 is 10.1 Å². The molecule has 6 heteroatoms. The fourth-order valence-corrected chi connectivity index (χ4v) is 2.79. The summed E-state index contributed by atoms with van der Waals surface area (Å²) in [5.74, 6) is 1.77. The number of aromatic nitrogens is 2. The third kappa shape index (κ3) is 5.52. The first kappa shape index (κ1) is 18.8. The number of aliphatic imine (C=N–C) groups is 1. The highest BCUT2D eigenvalue weighted by Gasteiger charge is 2.07. The number of ether oxygens (including phenoxy) is 1. The summed E-state index contributed by atoms with van der Waals surface area (Å²) in [5.41, 5.74) is 3.49. The molecule has 0 unspecified atom stereocenters. The first-order valence-corrected chi connectivity index (χ1v) is 8.59. The van der Waals surface area contributed by atoms with E-state index >= 15 is 0 Å². The number of aryl methyl sites for hydroxylation is 3. The first-order valence-electron chi connectivity index (χ1n) is 8.59. The third-order valence-corrected chi connectivity index (χ3v) is 4.09. The smallest absolute Gasteiger partial charge is 0.193 e. The van der Waals surface area contributed by atoms with Crippen LogP contribution in [0.5, 0.6) is 5.75 Å². The average Bonchev–Trinajstić information content (AvgIpc) is 2.93. The molecule has 0 aliphatic rings. The maximum Gasteiger partial charge on any atom is 0.193 e. The van der Waals surface area contributed by atoms with Crippen molar-refractivity contribution >= 4 is 5.96 Å². The zero-order valence-electron chi connectivity index (χ0n) is 15.9. The van der Waals surface area contributed by atoms with Crippen LogP contribution in [0, 0.1) is 13.8 Å². The molecule has 6 nitrogen and oxygen atoms in total. The van der Waals surface area contributed by atoms with Gasteiger partial charge in [0.1, 0.15) is 5.75 Å². The lowest BCUT2D eigenvalue weighted by atomic mass is 10.2. The molecule has 0 saturated carbocycles. The zero-order chi connectivity index (χ0) is 18.2. The summed E-state index contributed by atoms with van der Waals surface area (Å²) in [6, 6.07) is 10.2. The fraction of sp³-hybridized carbons (Fsp3) is 0.474. The minimum Gasteiger partial charge on any atom is -0.497 e. The molecule has 0 radical (unpaired) electrons. The van der Waals surface area contributed by atoms with Gasteiger partial charge in [-0.05, 0) is 44.0 Å². The Bertz CT molecular complexity index is 690. The van der Waals surface area contributed by atoms with E-state index in [9.17, 15) is 0 Å². The van der Waals surface area contributed by atoms with Gasteiger partial charge in [-0.2, -0.15) is 5.10 Å². The second kappa shape index (κ2) is 9.11. The highest BCUT2D eigenvalue weighted by Crippen LogP contribution is 2.12. The molecule has 1 aromatic heterocycles. The molecule has 0 spiro atoms. The Morgan fingerprint density at radius 2 is 2.00 bits per heavy atom. The first-order chi connectivity index (χ1) is 12.0. The molecule has 136 valence electrons. The lowest BCUT2D eigenvalue weighted by Gasteiger charge is -2.22. The summed E-state index contributed by atoms with van der Waals surface area (Å²) in [4.78, 5) is 6.48. The van der Waals surface area contributed by atoms with Gasteiger partial charge in [0, 0.05) is 39.4 Å². The summed E-state index contributed by atoms with van der Waals surface area (Å²) < 4.78 is 7.25. The Labute approximate surface area is 150 Å². The second-order valence-electron chi connectivity index (χ2n) is 6.18. The van der Waals surface area contributed by atoms with Gasteiger partial charge in [-0.3, -0.25) is 9.67 Å². The molecule has 0 atom stereocenters. The van der Waals surface area contributed by atoms with Gasteiger partial charge in [0.05, 0.1) is 12.8 Å². The Morgan fingerprint density at radius 3 is 2.56 bits per heavy atom. The van der Waals surface area contributed by atoms with Crippen molar-refractivity contribution < 1.29 is 4.74 Å². The van der Waals surface area contributed by atoms with E-state index in [1.165, 1.54) is 11.3 Å². The lowest BCUT2D eigenvalue weighted by Crippen LogP contribution is -2.39. The number of hydrogen-bond acceptors (Lipinski definition) is 3. The number of hydrogen-bond donors (Lipinski definition) is 1. The van der Waals surface area contributed by atoms with Crippen LogP contribution >= 0.6 is 0 Å². The van der Waals surface area contributed by atoms with E-state index in [1.54, 1.807) is 7.11 Å². The number of benzene rings is 1. The molecule has 25 heavy (non-hydrogen) atoms. The highest BCUT2D eigenvalue weighted by atomic mass is 16.5. The minimum absolute atomic E-state index is 0.793. The normalized spacial score (nSPS) is 11.5. The number of nitrogens with one attached hydrogen (secondary N) is 1. The zero-order valence-corrected chi connectivity index (χ0v) is 15.9. The van der Waals surface area contributed by atoms with E-state index in [1.807, 2.05) is 33.2 Å². The van der Waals surface area contributed by atoms with Crippen LogP contribution in [-0.2, 0) is 13.1 Å². The van der Waals surface area contributed by atoms with Gasteiger partial charge < -0.3 is 15.0 Å². The minimum atomic E-state index is 0.793. The number of rotatable bonds is 7. The maximum absolute atomic E-state index is 5.20. The lowest BCUT2D eigenvalue weighted by molar-refractivity contribution is 0.414. The second-order valence-corrected chi connectivity index (χ2v) is 6.18. The van der Waals surface area contributed by atoms with Crippen molar-refractivity contribution in [3.8, 4) is 5.75 Å². The van der Waals surface area contributed by atoms with Crippen LogP contribution in [0.15, 0.2) is 35.3 Å². The molecule has 0 aliphatic carbocycles. The van der Waals surface area contributed by atoms with Crippen LogP contribution in [0.2, 0.25) is 0 Å². The number of guanidine groups is 1. The summed E-state index contributed by atoms with van der Waals surface area (Å²) in [7, 11) is 5.54. The Balaban J connectivity index is 1.79. The molecule has 0 aliphatic heterocycles. The molecule has 0 fully saturated rings. The van der Waals surface area contributed by atoms with Crippen LogP contribution in [0.4, 0.5) is 0 Å². The van der Waals surface area contributed by atoms with Gasteiger partial charge in [-0.25, -0.2) is 0 Å². The molecule has 1 heterocycles. The molecule has 2 aromatic rings. The largest absolute Gasteiger partial charge is 0.497 e. The monoisotopic (exact) mass is 343 g/mol. The van der Waals surface area contributed by atoms with Crippen molar-refractivity contribution in [3.05, 3.63) is 47.3 Å².